The normalized spacial score (nSPS) is 10.5. The molecule has 0 amide bonds. The first-order chi connectivity index (χ1) is 22.7. The van der Waals surface area contributed by atoms with Crippen LogP contribution in [0.15, 0.2) is 92.4 Å². The first-order valence-corrected chi connectivity index (χ1v) is 19.1. The number of hydrogen-bond acceptors (Lipinski definition) is 12. The highest BCUT2D eigenvalue weighted by molar-refractivity contribution is 7.87. The van der Waals surface area contributed by atoms with E-state index >= 15 is 0 Å². The maximum absolute atomic E-state index is 11.0. The van der Waals surface area contributed by atoms with Crippen molar-refractivity contribution in [1.82, 2.24) is 0 Å². The van der Waals surface area contributed by atoms with Crippen LogP contribution in [0.4, 0.5) is 0 Å². The van der Waals surface area contributed by atoms with E-state index in [1.54, 1.807) is 0 Å². The lowest BCUT2D eigenvalue weighted by atomic mass is 10.1. The Hall–Kier alpha value is -4.58. The summed E-state index contributed by atoms with van der Waals surface area (Å²) in [5.74, 6) is -0.167. The number of rotatable bonds is 4. The summed E-state index contributed by atoms with van der Waals surface area (Å²) in [5, 5.41) is 8.85. The second-order valence-electron chi connectivity index (χ2n) is 9.03. The number of fused-ring (bicyclic) bond motifs is 2. The lowest BCUT2D eigenvalue weighted by molar-refractivity contribution is -0.362. The van der Waals surface area contributed by atoms with E-state index < -0.39 is 60.1 Å². The smallest absolute Gasteiger partial charge is 0.336 e. The van der Waals surface area contributed by atoms with Crippen LogP contribution in [-0.2, 0) is 40.5 Å². The summed E-state index contributed by atoms with van der Waals surface area (Å²) in [6.45, 7) is 6.03. The van der Waals surface area contributed by atoms with Crippen molar-refractivity contribution in [1.29, 1.82) is 0 Å². The van der Waals surface area contributed by atoms with Crippen molar-refractivity contribution in [2.24, 2.45) is 22.9 Å². The van der Waals surface area contributed by atoms with Gasteiger partial charge in [0.25, 0.3) is 0 Å². The molecule has 0 saturated carbocycles. The molecule has 0 unspecified atom stereocenters. The van der Waals surface area contributed by atoms with Crippen molar-refractivity contribution in [2.75, 3.05) is 13.1 Å². The van der Waals surface area contributed by atoms with Crippen LogP contribution < -0.4 is 45.2 Å². The summed E-state index contributed by atoms with van der Waals surface area (Å²) < 4.78 is 132. The van der Waals surface area contributed by atoms with E-state index in [1.807, 2.05) is 13.8 Å². The largest absolute Gasteiger partial charge is 0.744 e. The van der Waals surface area contributed by atoms with E-state index in [0.717, 1.165) is 37.4 Å². The quantitative estimate of drug-likeness (QED) is 0.0538. The molecular weight excluding hydrogens is 777 g/mol. The molecule has 52 heavy (non-hydrogen) atoms. The number of quaternary nitrogens is 2. The minimum atomic E-state index is -4.74. The first kappa shape index (κ1) is 54.2. The van der Waals surface area contributed by atoms with Gasteiger partial charge in [-0.2, -0.15) is 0 Å². The summed E-state index contributed by atoms with van der Waals surface area (Å²) in [6.07, 6.45) is 0. The van der Waals surface area contributed by atoms with E-state index in [9.17, 15) is 51.9 Å². The summed E-state index contributed by atoms with van der Waals surface area (Å²) >= 11 is 0. The van der Waals surface area contributed by atoms with Gasteiger partial charge < -0.3 is 40.6 Å². The number of benzene rings is 4. The van der Waals surface area contributed by atoms with Gasteiger partial charge in [0.1, 0.15) is 40.5 Å². The van der Waals surface area contributed by atoms with Crippen molar-refractivity contribution < 1.29 is 85.1 Å². The standard InChI is InChI=1S/2C10H8O6S2.2C2H7N.2CH5N3.2H2O/c2*11-17(12,13)9-5-1-3-7-8(9)4-2-6-10(7)18(14,15)16;2*1-2-3;2*2-1(3)4;;/h2*1-6H,(H,11,12,13)(H,14,15,16);2*2-3H2,1H3;2*(H5,2,3,4);2*1H2. The molecule has 22 nitrogen and oxygen atoms in total. The maximum Gasteiger partial charge on any atom is 0.336 e. The molecule has 4 aromatic carbocycles. The van der Waals surface area contributed by atoms with Crippen LogP contribution in [-0.4, -0.2) is 87.8 Å². The van der Waals surface area contributed by atoms with Crippen molar-refractivity contribution in [3.05, 3.63) is 72.8 Å². The lowest BCUT2D eigenvalue weighted by Crippen LogP contribution is -2.51. The molecule has 296 valence electrons. The average molecular weight is 821 g/mol. The average Bonchev–Trinajstić information content (AvgIpc) is 2.94. The van der Waals surface area contributed by atoms with Crippen LogP contribution in [0.25, 0.3) is 21.5 Å². The number of nitrogens with two attached hydrogens (primary N) is 6. The SMILES string of the molecule is CC[NH3+].CC[NH3+].NC(N)=[NH2+].NC(N)=[NH2+].O.O.O=S(=O)([O-])c1cccc2c(S(=O)(=O)[O-])cccc12.O=S(=O)([O-])c1cccc2c(S(=O)(=O)[O-])cccc12. The van der Waals surface area contributed by atoms with Crippen molar-refractivity contribution in [2.45, 2.75) is 33.4 Å². The second kappa shape index (κ2) is 23.8. The van der Waals surface area contributed by atoms with Crippen molar-refractivity contribution in [3.8, 4) is 0 Å². The van der Waals surface area contributed by atoms with Crippen LogP contribution >= 0.6 is 0 Å². The fourth-order valence-corrected chi connectivity index (χ4v) is 6.15. The first-order valence-electron chi connectivity index (χ1n) is 13.4. The summed E-state index contributed by atoms with van der Waals surface area (Å²) in [6, 6.07) is 14.2. The van der Waals surface area contributed by atoms with Crippen molar-refractivity contribution in [3.63, 3.8) is 0 Å². The van der Waals surface area contributed by atoms with Gasteiger partial charge in [-0.1, -0.05) is 48.5 Å². The fraction of sp³-hybridized carbons (Fsp3) is 0.154. The molecule has 4 rings (SSSR count). The summed E-state index contributed by atoms with van der Waals surface area (Å²) in [7, 11) is -19.0. The molecule has 0 fully saturated rings. The van der Waals surface area contributed by atoms with Gasteiger partial charge in [-0.15, -0.1) is 0 Å². The maximum atomic E-state index is 11.0. The molecule has 0 aromatic heterocycles. The van der Waals surface area contributed by atoms with Gasteiger partial charge in [-0.3, -0.25) is 33.8 Å². The molecule has 0 bridgehead atoms. The Balaban J connectivity index is -0.000000318. The minimum Gasteiger partial charge on any atom is -0.744 e. The van der Waals surface area contributed by atoms with Gasteiger partial charge in [0.2, 0.25) is 0 Å². The zero-order chi connectivity index (χ0) is 39.7. The molecule has 0 saturated heterocycles. The van der Waals surface area contributed by atoms with Gasteiger partial charge in [-0.25, -0.2) is 33.7 Å². The Kier molecular flexibility index (Phi) is 24.8. The van der Waals surface area contributed by atoms with Crippen LogP contribution in [0.2, 0.25) is 0 Å². The number of guanidine groups is 2. The Bertz CT molecular complexity index is 1890. The summed E-state index contributed by atoms with van der Waals surface area (Å²) in [5.41, 5.74) is 25.3. The number of hydrogen-bond donors (Lipinski definition) is 8. The van der Waals surface area contributed by atoms with Gasteiger partial charge in [0.15, 0.2) is 0 Å². The monoisotopic (exact) mass is 820 g/mol. The molecule has 0 radical (unpaired) electrons. The molecule has 4 aromatic rings. The Morgan fingerprint density at radius 2 is 0.596 bits per heavy atom. The topological polar surface area (TPSA) is 502 Å². The highest BCUT2D eigenvalue weighted by Gasteiger charge is 2.13. The molecule has 0 aliphatic carbocycles. The Labute approximate surface area is 300 Å². The van der Waals surface area contributed by atoms with Gasteiger partial charge in [0, 0.05) is 21.5 Å². The van der Waals surface area contributed by atoms with Gasteiger partial charge >= 0.3 is 11.9 Å². The molecule has 0 atom stereocenters. The summed E-state index contributed by atoms with van der Waals surface area (Å²) in [4.78, 5) is -2.20. The van der Waals surface area contributed by atoms with E-state index in [4.69, 9.17) is 0 Å². The molecule has 0 aliphatic heterocycles. The van der Waals surface area contributed by atoms with E-state index in [0.29, 0.717) is 0 Å². The van der Waals surface area contributed by atoms with Crippen molar-refractivity contribution >= 4 is 73.9 Å². The molecular formula is C26H44N8O14S4. The van der Waals surface area contributed by atoms with E-state index in [2.05, 4.69) is 45.2 Å². The zero-order valence-corrected chi connectivity index (χ0v) is 31.0. The zero-order valence-electron chi connectivity index (χ0n) is 27.8. The van der Waals surface area contributed by atoms with Crippen LogP contribution in [0.5, 0.6) is 0 Å². The Morgan fingerprint density at radius 3 is 0.692 bits per heavy atom. The fourth-order valence-electron chi connectivity index (χ4n) is 3.38. The van der Waals surface area contributed by atoms with Crippen LogP contribution in [0, 0.1) is 0 Å². The molecule has 22 N–H and O–H groups in total. The highest BCUT2D eigenvalue weighted by Crippen LogP contribution is 2.29. The molecule has 0 spiro atoms. The van der Waals surface area contributed by atoms with Gasteiger partial charge in [-0.05, 0) is 38.1 Å². The third-order valence-corrected chi connectivity index (χ3v) is 8.34. The lowest BCUT2D eigenvalue weighted by Gasteiger charge is -2.14. The molecule has 0 aliphatic rings. The molecule has 0 heterocycles. The third-order valence-electron chi connectivity index (χ3n) is 4.76. The molecule has 26 heteroatoms. The van der Waals surface area contributed by atoms with Crippen LogP contribution in [0.1, 0.15) is 13.8 Å². The predicted molar refractivity (Wildman–Crippen MR) is 184 cm³/mol. The van der Waals surface area contributed by atoms with Gasteiger partial charge in [0.05, 0.1) is 32.7 Å². The highest BCUT2D eigenvalue weighted by atomic mass is 32.2. The van der Waals surface area contributed by atoms with E-state index in [-0.39, 0.29) is 44.4 Å². The third kappa shape index (κ3) is 19.7. The van der Waals surface area contributed by atoms with Crippen LogP contribution in [0.3, 0.4) is 0 Å². The minimum absolute atomic E-state index is 0. The Morgan fingerprint density at radius 1 is 0.481 bits per heavy atom. The second-order valence-corrected chi connectivity index (χ2v) is 14.4. The predicted octanol–water partition coefficient (Wildman–Crippen LogP) is -7.82. The van der Waals surface area contributed by atoms with E-state index in [1.165, 1.54) is 48.5 Å².